The molecule has 0 radical (unpaired) electrons. The predicted molar refractivity (Wildman–Crippen MR) is 129 cm³/mol. The van der Waals surface area contributed by atoms with Crippen LogP contribution in [0.4, 0.5) is 11.4 Å². The molecule has 2 fully saturated rings. The summed E-state index contributed by atoms with van der Waals surface area (Å²) in [7, 11) is 1.66. The van der Waals surface area contributed by atoms with Gasteiger partial charge in [0.2, 0.25) is 11.8 Å². The lowest BCUT2D eigenvalue weighted by Gasteiger charge is -2.33. The van der Waals surface area contributed by atoms with Gasteiger partial charge >= 0.3 is 0 Å². The molecule has 2 aromatic rings. The summed E-state index contributed by atoms with van der Waals surface area (Å²) in [6.45, 7) is 4.29. The lowest BCUT2D eigenvalue weighted by atomic mass is 9.95. The first-order valence-electron chi connectivity index (χ1n) is 11.3. The van der Waals surface area contributed by atoms with E-state index in [0.29, 0.717) is 31.6 Å². The van der Waals surface area contributed by atoms with E-state index in [9.17, 15) is 14.4 Å². The molecule has 3 amide bonds. The highest BCUT2D eigenvalue weighted by atomic mass is 32.1. The van der Waals surface area contributed by atoms with Gasteiger partial charge in [-0.2, -0.15) is 0 Å². The molecular weight excluding hydrogens is 440 g/mol. The molecule has 0 aliphatic carbocycles. The number of ether oxygens (including phenoxy) is 1. The summed E-state index contributed by atoms with van der Waals surface area (Å²) in [6.07, 6.45) is 1.23. The van der Waals surface area contributed by atoms with E-state index < -0.39 is 0 Å². The number of anilines is 2. The van der Waals surface area contributed by atoms with E-state index in [1.807, 2.05) is 46.7 Å². The number of amides is 3. The Labute approximate surface area is 198 Å². The molecule has 0 atom stereocenters. The molecule has 0 saturated carbocycles. The first-order valence-corrected chi connectivity index (χ1v) is 12.2. The zero-order valence-electron chi connectivity index (χ0n) is 18.9. The molecule has 33 heavy (non-hydrogen) atoms. The number of benzene rings is 1. The van der Waals surface area contributed by atoms with Crippen molar-refractivity contribution in [1.82, 2.24) is 9.80 Å². The molecule has 2 aliphatic heterocycles. The first-order chi connectivity index (χ1) is 16.0. The number of likely N-dealkylation sites (N-methyl/N-ethyl adjacent to an activating group) is 1. The molecule has 8 nitrogen and oxygen atoms in total. The van der Waals surface area contributed by atoms with Crippen LogP contribution in [0.25, 0.3) is 0 Å². The van der Waals surface area contributed by atoms with Gasteiger partial charge in [0.05, 0.1) is 24.6 Å². The van der Waals surface area contributed by atoms with Crippen molar-refractivity contribution < 1.29 is 19.1 Å². The standard InChI is InChI=1S/C24H30N4O4S/c1-26(23(30)18-8-10-28(11-9-18)24(31)21-3-2-16-33-21)17-22(29)25-19-4-6-20(7-5-19)27-12-14-32-15-13-27/h2-7,16,18H,8-15,17H2,1H3,(H,25,29). The fourth-order valence-electron chi connectivity index (χ4n) is 4.27. The van der Waals surface area contributed by atoms with E-state index in [2.05, 4.69) is 10.2 Å². The van der Waals surface area contributed by atoms with Crippen LogP contribution < -0.4 is 10.2 Å². The Kier molecular flexibility index (Phi) is 7.61. The molecule has 4 rings (SSSR count). The molecule has 0 spiro atoms. The van der Waals surface area contributed by atoms with Crippen molar-refractivity contribution in [2.75, 3.05) is 63.2 Å². The number of thiophene rings is 1. The number of hydrogen-bond acceptors (Lipinski definition) is 6. The second-order valence-electron chi connectivity index (χ2n) is 8.43. The number of nitrogens with zero attached hydrogens (tertiary/aromatic N) is 3. The molecule has 2 aliphatic rings. The Morgan fingerprint density at radius 2 is 1.76 bits per heavy atom. The van der Waals surface area contributed by atoms with Crippen LogP contribution in [0.1, 0.15) is 22.5 Å². The molecule has 2 saturated heterocycles. The number of nitrogens with one attached hydrogen (secondary N) is 1. The zero-order chi connectivity index (χ0) is 23.2. The van der Waals surface area contributed by atoms with Crippen molar-refractivity contribution in [2.24, 2.45) is 5.92 Å². The van der Waals surface area contributed by atoms with Crippen molar-refractivity contribution in [3.8, 4) is 0 Å². The van der Waals surface area contributed by atoms with Gasteiger partial charge in [-0.15, -0.1) is 11.3 Å². The second kappa shape index (κ2) is 10.8. The van der Waals surface area contributed by atoms with Crippen LogP contribution in [0.2, 0.25) is 0 Å². The third-order valence-electron chi connectivity index (χ3n) is 6.15. The first kappa shape index (κ1) is 23.3. The summed E-state index contributed by atoms with van der Waals surface area (Å²) < 4.78 is 5.38. The van der Waals surface area contributed by atoms with Gasteiger partial charge < -0.3 is 24.8 Å². The number of hydrogen-bond donors (Lipinski definition) is 1. The maximum Gasteiger partial charge on any atom is 0.263 e. The molecular formula is C24H30N4O4S. The fraction of sp³-hybridized carbons (Fsp3) is 0.458. The molecule has 176 valence electrons. The van der Waals surface area contributed by atoms with Crippen LogP contribution in [-0.2, 0) is 14.3 Å². The van der Waals surface area contributed by atoms with Gasteiger partial charge in [-0.05, 0) is 48.6 Å². The summed E-state index contributed by atoms with van der Waals surface area (Å²) in [5, 5.41) is 4.76. The predicted octanol–water partition coefficient (Wildman–Crippen LogP) is 2.53. The zero-order valence-corrected chi connectivity index (χ0v) is 19.7. The molecule has 1 N–H and O–H groups in total. The van der Waals surface area contributed by atoms with Gasteiger partial charge in [-0.25, -0.2) is 0 Å². The normalized spacial score (nSPS) is 17.0. The van der Waals surface area contributed by atoms with Crippen LogP contribution in [0, 0.1) is 5.92 Å². The van der Waals surface area contributed by atoms with E-state index >= 15 is 0 Å². The molecule has 0 bridgehead atoms. The third kappa shape index (κ3) is 5.91. The van der Waals surface area contributed by atoms with Crippen LogP contribution in [0.5, 0.6) is 0 Å². The molecule has 0 unspecified atom stereocenters. The van der Waals surface area contributed by atoms with Gasteiger partial charge in [-0.3, -0.25) is 14.4 Å². The highest BCUT2D eigenvalue weighted by Gasteiger charge is 2.30. The Balaban J connectivity index is 1.22. The van der Waals surface area contributed by atoms with Crippen molar-refractivity contribution in [3.05, 3.63) is 46.7 Å². The maximum atomic E-state index is 12.8. The third-order valence-corrected chi connectivity index (χ3v) is 7.01. The van der Waals surface area contributed by atoms with E-state index in [1.165, 1.54) is 16.2 Å². The summed E-state index contributed by atoms with van der Waals surface area (Å²) in [6, 6.07) is 11.4. The minimum atomic E-state index is -0.227. The number of likely N-dealkylation sites (tertiary alicyclic amines) is 1. The van der Waals surface area contributed by atoms with Crippen molar-refractivity contribution in [2.45, 2.75) is 12.8 Å². The topological polar surface area (TPSA) is 82.2 Å². The Hall–Kier alpha value is -2.91. The molecule has 1 aromatic carbocycles. The molecule has 1 aromatic heterocycles. The van der Waals surface area contributed by atoms with Crippen LogP contribution in [0.3, 0.4) is 0 Å². The number of carbonyl (C=O) groups is 3. The number of morpholine rings is 1. The van der Waals surface area contributed by atoms with E-state index in [1.54, 1.807) is 7.05 Å². The summed E-state index contributed by atoms with van der Waals surface area (Å²) in [4.78, 5) is 44.1. The fourth-order valence-corrected chi connectivity index (χ4v) is 4.96. The van der Waals surface area contributed by atoms with E-state index in [4.69, 9.17) is 4.74 Å². The van der Waals surface area contributed by atoms with Crippen LogP contribution in [-0.4, -0.2) is 80.5 Å². The Morgan fingerprint density at radius 3 is 2.39 bits per heavy atom. The van der Waals surface area contributed by atoms with Gasteiger partial charge in [0.1, 0.15) is 0 Å². The van der Waals surface area contributed by atoms with E-state index in [0.717, 1.165) is 36.9 Å². The van der Waals surface area contributed by atoms with Gasteiger partial charge in [0, 0.05) is 50.5 Å². The van der Waals surface area contributed by atoms with E-state index in [-0.39, 0.29) is 30.2 Å². The van der Waals surface area contributed by atoms with Crippen molar-refractivity contribution >= 4 is 40.4 Å². The summed E-state index contributed by atoms with van der Waals surface area (Å²) >= 11 is 1.43. The largest absolute Gasteiger partial charge is 0.378 e. The monoisotopic (exact) mass is 470 g/mol. The second-order valence-corrected chi connectivity index (χ2v) is 9.38. The van der Waals surface area contributed by atoms with Crippen molar-refractivity contribution in [3.63, 3.8) is 0 Å². The number of carbonyl (C=O) groups excluding carboxylic acids is 3. The molecule has 3 heterocycles. The SMILES string of the molecule is CN(CC(=O)Nc1ccc(N2CCOCC2)cc1)C(=O)C1CCN(C(=O)c2cccs2)CC1. The Bertz CT molecular complexity index is 949. The highest BCUT2D eigenvalue weighted by molar-refractivity contribution is 7.12. The quantitative estimate of drug-likeness (QED) is 0.702. The summed E-state index contributed by atoms with van der Waals surface area (Å²) in [5.74, 6) is -0.405. The summed E-state index contributed by atoms with van der Waals surface area (Å²) in [5.41, 5.74) is 1.81. The van der Waals surface area contributed by atoms with Gasteiger partial charge in [0.15, 0.2) is 0 Å². The van der Waals surface area contributed by atoms with Crippen molar-refractivity contribution in [1.29, 1.82) is 0 Å². The van der Waals surface area contributed by atoms with Gasteiger partial charge in [0.25, 0.3) is 5.91 Å². The lowest BCUT2D eigenvalue weighted by Crippen LogP contribution is -2.44. The maximum absolute atomic E-state index is 12.8. The Morgan fingerprint density at radius 1 is 1.06 bits per heavy atom. The average molecular weight is 471 g/mol. The number of rotatable bonds is 6. The van der Waals surface area contributed by atoms with Crippen LogP contribution in [0.15, 0.2) is 41.8 Å². The number of piperidine rings is 1. The minimum absolute atomic E-state index is 0.00160. The smallest absolute Gasteiger partial charge is 0.263 e. The molecule has 9 heteroatoms. The van der Waals surface area contributed by atoms with Gasteiger partial charge in [-0.1, -0.05) is 6.07 Å². The lowest BCUT2D eigenvalue weighted by molar-refractivity contribution is -0.138. The minimum Gasteiger partial charge on any atom is -0.378 e. The average Bonchev–Trinajstić information content (AvgIpc) is 3.39. The van der Waals surface area contributed by atoms with Crippen LogP contribution >= 0.6 is 11.3 Å². The highest BCUT2D eigenvalue weighted by Crippen LogP contribution is 2.23.